The van der Waals surface area contributed by atoms with E-state index in [4.69, 9.17) is 4.74 Å². The molecule has 1 aliphatic carbocycles. The quantitative estimate of drug-likeness (QED) is 0.678. The largest absolute Gasteiger partial charge is 0.457 e. The first-order chi connectivity index (χ1) is 12.7. The molecular weight excluding hydrogens is 342 g/mol. The molecule has 1 heterocycles. The highest BCUT2D eigenvalue weighted by Crippen LogP contribution is 2.50. The molecule has 2 aliphatic rings. The molecule has 1 aliphatic heterocycles. The zero-order valence-corrected chi connectivity index (χ0v) is 16.0. The fourth-order valence-electron chi connectivity index (χ4n) is 4.12. The Morgan fingerprint density at radius 3 is 2.35 bits per heavy atom. The monoisotopic (exact) mass is 367 g/mol. The van der Waals surface area contributed by atoms with Crippen molar-refractivity contribution in [3.8, 4) is 11.5 Å². The highest BCUT2D eigenvalue weighted by atomic mass is 32.2. The Hall–Kier alpha value is -1.94. The zero-order chi connectivity index (χ0) is 18.0. The molecule has 1 saturated heterocycles. The molecule has 2 aromatic carbocycles. The van der Waals surface area contributed by atoms with Crippen LogP contribution in [-0.4, -0.2) is 16.5 Å². The second-order valence-corrected chi connectivity index (χ2v) is 8.56. The van der Waals surface area contributed by atoms with E-state index >= 15 is 0 Å². The number of ether oxygens (including phenoxy) is 1. The summed E-state index contributed by atoms with van der Waals surface area (Å²) in [6.07, 6.45) is 5.90. The first-order valence-electron chi connectivity index (χ1n) is 9.50. The van der Waals surface area contributed by atoms with Gasteiger partial charge in [-0.25, -0.2) is 0 Å². The van der Waals surface area contributed by atoms with Crippen LogP contribution in [0.4, 0.5) is 5.69 Å². The van der Waals surface area contributed by atoms with Crippen molar-refractivity contribution in [1.82, 2.24) is 0 Å². The van der Waals surface area contributed by atoms with Crippen LogP contribution in [0, 0.1) is 5.92 Å². The van der Waals surface area contributed by atoms with E-state index in [1.807, 2.05) is 66.4 Å². The van der Waals surface area contributed by atoms with Crippen LogP contribution in [0.1, 0.15) is 39.0 Å². The standard InChI is InChI=1S/C22H25NO2S/c1-2-17-12-14-22(15-13-17)23(21(24)16-26-22)18-8-10-20(11-9-18)25-19-6-4-3-5-7-19/h3-11,17H,2,12-16H2,1H3. The number of carbonyl (C=O) groups is 1. The maximum atomic E-state index is 12.6. The van der Waals surface area contributed by atoms with Gasteiger partial charge in [0, 0.05) is 5.69 Å². The summed E-state index contributed by atoms with van der Waals surface area (Å²) in [5.41, 5.74) is 0.996. The van der Waals surface area contributed by atoms with Crippen LogP contribution in [0.25, 0.3) is 0 Å². The van der Waals surface area contributed by atoms with Crippen LogP contribution < -0.4 is 9.64 Å². The number of amides is 1. The molecule has 0 radical (unpaired) electrons. The number of thioether (sulfide) groups is 1. The Morgan fingerprint density at radius 2 is 1.69 bits per heavy atom. The molecule has 0 unspecified atom stereocenters. The van der Waals surface area contributed by atoms with E-state index in [1.54, 1.807) is 0 Å². The Kier molecular flexibility index (Phi) is 4.94. The van der Waals surface area contributed by atoms with Gasteiger partial charge in [-0.2, -0.15) is 0 Å². The summed E-state index contributed by atoms with van der Waals surface area (Å²) >= 11 is 1.84. The third kappa shape index (κ3) is 3.35. The summed E-state index contributed by atoms with van der Waals surface area (Å²) in [5.74, 6) is 3.27. The number of carbonyl (C=O) groups excluding carboxylic acids is 1. The number of para-hydroxylation sites is 1. The van der Waals surface area contributed by atoms with Gasteiger partial charge in [-0.05, 0) is 68.0 Å². The van der Waals surface area contributed by atoms with E-state index in [1.165, 1.54) is 19.3 Å². The van der Waals surface area contributed by atoms with E-state index in [0.717, 1.165) is 35.9 Å². The van der Waals surface area contributed by atoms with Crippen LogP contribution >= 0.6 is 11.8 Å². The lowest BCUT2D eigenvalue weighted by molar-refractivity contribution is -0.116. The van der Waals surface area contributed by atoms with Crippen LogP contribution in [-0.2, 0) is 4.79 Å². The van der Waals surface area contributed by atoms with Gasteiger partial charge in [0.05, 0.1) is 10.6 Å². The first kappa shape index (κ1) is 17.5. The van der Waals surface area contributed by atoms with E-state index in [-0.39, 0.29) is 10.8 Å². The molecule has 136 valence electrons. The topological polar surface area (TPSA) is 29.5 Å². The van der Waals surface area contributed by atoms with E-state index < -0.39 is 0 Å². The molecule has 0 atom stereocenters. The lowest BCUT2D eigenvalue weighted by Crippen LogP contribution is -2.47. The molecule has 0 bridgehead atoms. The molecule has 2 aromatic rings. The van der Waals surface area contributed by atoms with Gasteiger partial charge < -0.3 is 4.74 Å². The van der Waals surface area contributed by atoms with Crippen molar-refractivity contribution in [3.05, 3.63) is 54.6 Å². The number of hydrogen-bond acceptors (Lipinski definition) is 3. The predicted octanol–water partition coefficient (Wildman–Crippen LogP) is 5.86. The van der Waals surface area contributed by atoms with E-state index in [0.29, 0.717) is 5.75 Å². The number of nitrogens with zero attached hydrogens (tertiary/aromatic N) is 1. The van der Waals surface area contributed by atoms with Crippen molar-refractivity contribution in [2.75, 3.05) is 10.7 Å². The Bertz CT molecular complexity index is 751. The number of hydrogen-bond donors (Lipinski definition) is 0. The molecule has 0 aromatic heterocycles. The molecule has 1 amide bonds. The molecule has 2 fully saturated rings. The maximum Gasteiger partial charge on any atom is 0.238 e. The summed E-state index contributed by atoms with van der Waals surface area (Å²) in [6, 6.07) is 17.7. The van der Waals surface area contributed by atoms with Crippen LogP contribution in [0.3, 0.4) is 0 Å². The molecule has 1 saturated carbocycles. The molecule has 4 rings (SSSR count). The summed E-state index contributed by atoms with van der Waals surface area (Å²) in [6.45, 7) is 2.28. The molecule has 26 heavy (non-hydrogen) atoms. The third-order valence-corrected chi connectivity index (χ3v) is 7.18. The van der Waals surface area contributed by atoms with Crippen molar-refractivity contribution in [2.24, 2.45) is 5.92 Å². The molecule has 1 spiro atoms. The normalized spacial score (nSPS) is 25.7. The van der Waals surface area contributed by atoms with Gasteiger partial charge in [-0.3, -0.25) is 9.69 Å². The molecule has 0 N–H and O–H groups in total. The maximum absolute atomic E-state index is 12.6. The Labute approximate surface area is 159 Å². The molecule has 4 heteroatoms. The van der Waals surface area contributed by atoms with Gasteiger partial charge >= 0.3 is 0 Å². The second kappa shape index (κ2) is 7.36. The van der Waals surface area contributed by atoms with Gasteiger partial charge in [0.25, 0.3) is 0 Å². The van der Waals surface area contributed by atoms with Crippen LogP contribution in [0.2, 0.25) is 0 Å². The Balaban J connectivity index is 1.53. The Morgan fingerprint density at radius 1 is 1.04 bits per heavy atom. The van der Waals surface area contributed by atoms with Crippen LogP contribution in [0.15, 0.2) is 54.6 Å². The van der Waals surface area contributed by atoms with Gasteiger partial charge in [0.2, 0.25) is 5.91 Å². The average Bonchev–Trinajstić information content (AvgIpc) is 3.00. The van der Waals surface area contributed by atoms with Crippen molar-refractivity contribution in [2.45, 2.75) is 43.9 Å². The van der Waals surface area contributed by atoms with E-state index in [2.05, 4.69) is 11.8 Å². The van der Waals surface area contributed by atoms with Crippen LogP contribution in [0.5, 0.6) is 11.5 Å². The molecule has 3 nitrogen and oxygen atoms in total. The van der Waals surface area contributed by atoms with Crippen molar-refractivity contribution in [1.29, 1.82) is 0 Å². The smallest absolute Gasteiger partial charge is 0.238 e. The average molecular weight is 368 g/mol. The number of anilines is 1. The highest BCUT2D eigenvalue weighted by molar-refractivity contribution is 8.02. The van der Waals surface area contributed by atoms with Crippen molar-refractivity contribution >= 4 is 23.4 Å². The number of rotatable bonds is 4. The summed E-state index contributed by atoms with van der Waals surface area (Å²) in [5, 5.41) is 0. The van der Waals surface area contributed by atoms with Crippen molar-refractivity contribution in [3.63, 3.8) is 0 Å². The summed E-state index contributed by atoms with van der Waals surface area (Å²) in [7, 11) is 0. The van der Waals surface area contributed by atoms with Crippen molar-refractivity contribution < 1.29 is 9.53 Å². The minimum atomic E-state index is -0.0371. The minimum Gasteiger partial charge on any atom is -0.457 e. The summed E-state index contributed by atoms with van der Waals surface area (Å²) in [4.78, 5) is 14.7. The van der Waals surface area contributed by atoms with Gasteiger partial charge in [-0.15, -0.1) is 11.8 Å². The molecular formula is C22H25NO2S. The first-order valence-corrected chi connectivity index (χ1v) is 10.5. The lowest BCUT2D eigenvalue weighted by atomic mass is 9.83. The van der Waals surface area contributed by atoms with Gasteiger partial charge in [-0.1, -0.05) is 31.5 Å². The fraction of sp³-hybridized carbons (Fsp3) is 0.409. The minimum absolute atomic E-state index is 0.0371. The third-order valence-electron chi connectivity index (χ3n) is 5.66. The highest BCUT2D eigenvalue weighted by Gasteiger charge is 2.48. The predicted molar refractivity (Wildman–Crippen MR) is 108 cm³/mol. The number of benzene rings is 2. The second-order valence-electron chi connectivity index (χ2n) is 7.22. The summed E-state index contributed by atoms with van der Waals surface area (Å²) < 4.78 is 5.88. The lowest BCUT2D eigenvalue weighted by Gasteiger charge is -2.42. The van der Waals surface area contributed by atoms with E-state index in [9.17, 15) is 4.79 Å². The fourth-order valence-corrected chi connectivity index (χ4v) is 5.51. The zero-order valence-electron chi connectivity index (χ0n) is 15.2. The van der Waals surface area contributed by atoms with Gasteiger partial charge in [0.1, 0.15) is 11.5 Å². The van der Waals surface area contributed by atoms with Gasteiger partial charge in [0.15, 0.2) is 0 Å². The SMILES string of the molecule is CCC1CCC2(CC1)SCC(=O)N2c1ccc(Oc2ccccc2)cc1.